The summed E-state index contributed by atoms with van der Waals surface area (Å²) in [5.74, 6) is 1.65. The van der Waals surface area contributed by atoms with Crippen LogP contribution < -0.4 is 5.73 Å². The van der Waals surface area contributed by atoms with Crippen molar-refractivity contribution in [2.45, 2.75) is 44.2 Å². The van der Waals surface area contributed by atoms with Crippen LogP contribution in [0.2, 0.25) is 0 Å². The van der Waals surface area contributed by atoms with E-state index in [9.17, 15) is 4.79 Å². The fourth-order valence-corrected chi connectivity index (χ4v) is 4.13. The number of nitrogens with two attached hydrogens (primary N) is 1. The summed E-state index contributed by atoms with van der Waals surface area (Å²) in [7, 11) is 0. The Morgan fingerprint density at radius 2 is 1.69 bits per heavy atom. The molecular weight excluding hydrogens is 411 g/mol. The van der Waals surface area contributed by atoms with Crippen LogP contribution in [0.5, 0.6) is 0 Å². The van der Waals surface area contributed by atoms with Crippen LogP contribution in [0.25, 0.3) is 11.3 Å². The van der Waals surface area contributed by atoms with Gasteiger partial charge in [0.2, 0.25) is 11.8 Å². The third-order valence-corrected chi connectivity index (χ3v) is 5.80. The molecular formula is C21H30Cl2N4O2. The van der Waals surface area contributed by atoms with Crippen molar-refractivity contribution in [1.82, 2.24) is 14.8 Å². The number of carbonyl (C=O) groups excluding carboxylic acids is 1. The molecule has 0 spiro atoms. The molecule has 1 saturated carbocycles. The molecule has 2 fully saturated rings. The van der Waals surface area contributed by atoms with Gasteiger partial charge in [0, 0.05) is 31.7 Å². The van der Waals surface area contributed by atoms with Gasteiger partial charge in [0.05, 0.1) is 18.3 Å². The molecule has 0 radical (unpaired) electrons. The molecule has 160 valence electrons. The summed E-state index contributed by atoms with van der Waals surface area (Å²) < 4.78 is 5.90. The van der Waals surface area contributed by atoms with Gasteiger partial charge in [0.15, 0.2) is 5.76 Å². The Labute approximate surface area is 184 Å². The second kappa shape index (κ2) is 10.4. The third kappa shape index (κ3) is 5.51. The molecule has 1 amide bonds. The molecule has 1 saturated heterocycles. The molecule has 0 unspecified atom stereocenters. The van der Waals surface area contributed by atoms with Gasteiger partial charge < -0.3 is 15.1 Å². The molecule has 1 aromatic heterocycles. The van der Waals surface area contributed by atoms with Crippen LogP contribution in [0.15, 0.2) is 40.9 Å². The number of nitrogens with zero attached hydrogens (tertiary/aromatic N) is 3. The Balaban J connectivity index is 0.00000150. The largest absolute Gasteiger partial charge is 0.439 e. The molecule has 8 heteroatoms. The van der Waals surface area contributed by atoms with Crippen molar-refractivity contribution < 1.29 is 9.21 Å². The molecule has 1 aromatic carbocycles. The number of hydrogen-bond acceptors (Lipinski definition) is 5. The molecule has 6 nitrogen and oxygen atoms in total. The lowest BCUT2D eigenvalue weighted by atomic mass is 9.81. The molecule has 2 heterocycles. The fourth-order valence-electron chi connectivity index (χ4n) is 4.13. The van der Waals surface area contributed by atoms with Gasteiger partial charge in [-0.15, -0.1) is 24.8 Å². The van der Waals surface area contributed by atoms with Crippen molar-refractivity contribution >= 4 is 30.7 Å². The van der Waals surface area contributed by atoms with Crippen LogP contribution in [0.4, 0.5) is 0 Å². The first-order chi connectivity index (χ1) is 13.1. The minimum atomic E-state index is -0.631. The van der Waals surface area contributed by atoms with Crippen LogP contribution in [-0.4, -0.2) is 52.4 Å². The number of carbonyl (C=O) groups is 1. The van der Waals surface area contributed by atoms with Crippen molar-refractivity contribution in [3.63, 3.8) is 0 Å². The number of halogens is 2. The number of hydrogen-bond donors (Lipinski definition) is 1. The predicted molar refractivity (Wildman–Crippen MR) is 118 cm³/mol. The maximum Gasteiger partial charge on any atom is 0.242 e. The summed E-state index contributed by atoms with van der Waals surface area (Å²) in [5.41, 5.74) is 6.82. The first kappa shape index (κ1) is 23.7. The van der Waals surface area contributed by atoms with E-state index < -0.39 is 5.54 Å². The van der Waals surface area contributed by atoms with Gasteiger partial charge in [0.1, 0.15) is 0 Å². The summed E-state index contributed by atoms with van der Waals surface area (Å²) in [6, 6.07) is 10.0. The van der Waals surface area contributed by atoms with Crippen molar-refractivity contribution in [1.29, 1.82) is 0 Å². The summed E-state index contributed by atoms with van der Waals surface area (Å²) in [6.07, 6.45) is 6.76. The zero-order valence-electron chi connectivity index (χ0n) is 16.6. The lowest BCUT2D eigenvalue weighted by Gasteiger charge is -2.40. The summed E-state index contributed by atoms with van der Waals surface area (Å²) >= 11 is 0. The number of amides is 1. The van der Waals surface area contributed by atoms with Crippen LogP contribution in [0, 0.1) is 0 Å². The lowest BCUT2D eigenvalue weighted by molar-refractivity contribution is -0.140. The number of oxazole rings is 1. The minimum absolute atomic E-state index is 0. The summed E-state index contributed by atoms with van der Waals surface area (Å²) in [4.78, 5) is 21.5. The van der Waals surface area contributed by atoms with Crippen molar-refractivity contribution in [2.24, 2.45) is 5.73 Å². The van der Waals surface area contributed by atoms with Crippen LogP contribution in [0.1, 0.15) is 38.0 Å². The average Bonchev–Trinajstić information content (AvgIpc) is 3.18. The summed E-state index contributed by atoms with van der Waals surface area (Å²) in [5, 5.41) is 0. The van der Waals surface area contributed by atoms with Gasteiger partial charge in [-0.25, -0.2) is 4.98 Å². The van der Waals surface area contributed by atoms with Gasteiger partial charge in [0.25, 0.3) is 0 Å². The minimum Gasteiger partial charge on any atom is -0.439 e. The van der Waals surface area contributed by atoms with Crippen molar-refractivity contribution in [2.75, 3.05) is 26.2 Å². The standard InChI is InChI=1S/C21H28N4O2.2ClH/c22-21(9-5-2-6-10-21)20(26)25-13-11-24(12-14-25)16-19-23-15-18(27-19)17-7-3-1-4-8-17;;/h1,3-4,7-8,15H,2,5-6,9-14,16,22H2;2*1H. The first-order valence-corrected chi connectivity index (χ1v) is 9.95. The van der Waals surface area contributed by atoms with Crippen molar-refractivity contribution in [3.8, 4) is 11.3 Å². The Morgan fingerprint density at radius 1 is 1.03 bits per heavy atom. The van der Waals surface area contributed by atoms with Crippen LogP contribution in [-0.2, 0) is 11.3 Å². The predicted octanol–water partition coefficient (Wildman–Crippen LogP) is 3.49. The van der Waals surface area contributed by atoms with Crippen LogP contribution in [0.3, 0.4) is 0 Å². The van der Waals surface area contributed by atoms with E-state index in [1.807, 2.05) is 35.2 Å². The highest BCUT2D eigenvalue weighted by atomic mass is 35.5. The lowest BCUT2D eigenvalue weighted by Crippen LogP contribution is -2.60. The van der Waals surface area contributed by atoms with E-state index in [2.05, 4.69) is 9.88 Å². The molecule has 2 aromatic rings. The Morgan fingerprint density at radius 3 is 2.34 bits per heavy atom. The molecule has 2 N–H and O–H groups in total. The van der Waals surface area contributed by atoms with E-state index in [1.54, 1.807) is 6.20 Å². The van der Waals surface area contributed by atoms with E-state index >= 15 is 0 Å². The average molecular weight is 441 g/mol. The normalized spacial score (nSPS) is 19.1. The zero-order chi connectivity index (χ0) is 18.7. The SMILES string of the molecule is Cl.Cl.NC1(C(=O)N2CCN(Cc3ncc(-c4ccccc4)o3)CC2)CCCCC1. The highest BCUT2D eigenvalue weighted by Crippen LogP contribution is 2.28. The highest BCUT2D eigenvalue weighted by Gasteiger charge is 2.39. The van der Waals surface area contributed by atoms with E-state index in [0.717, 1.165) is 69.1 Å². The Kier molecular flexibility index (Phi) is 8.52. The zero-order valence-corrected chi connectivity index (χ0v) is 18.2. The quantitative estimate of drug-likeness (QED) is 0.786. The van der Waals surface area contributed by atoms with Crippen molar-refractivity contribution in [3.05, 3.63) is 42.4 Å². The van der Waals surface area contributed by atoms with Gasteiger partial charge >= 0.3 is 0 Å². The molecule has 0 bridgehead atoms. The number of rotatable bonds is 4. The topological polar surface area (TPSA) is 75.6 Å². The van der Waals surface area contributed by atoms with E-state index in [0.29, 0.717) is 6.54 Å². The molecule has 4 rings (SSSR count). The highest BCUT2D eigenvalue weighted by molar-refractivity contribution is 5.86. The monoisotopic (exact) mass is 440 g/mol. The molecule has 2 aliphatic rings. The number of aromatic nitrogens is 1. The van der Waals surface area contributed by atoms with E-state index in [-0.39, 0.29) is 30.7 Å². The first-order valence-electron chi connectivity index (χ1n) is 9.95. The molecule has 0 atom stereocenters. The maximum absolute atomic E-state index is 12.9. The Bertz CT molecular complexity index is 770. The maximum atomic E-state index is 12.9. The van der Waals surface area contributed by atoms with Gasteiger partial charge in [-0.2, -0.15) is 0 Å². The van der Waals surface area contributed by atoms with E-state index in [4.69, 9.17) is 10.2 Å². The van der Waals surface area contributed by atoms with E-state index in [1.165, 1.54) is 6.42 Å². The smallest absolute Gasteiger partial charge is 0.242 e. The molecule has 1 aliphatic heterocycles. The number of piperazine rings is 1. The summed E-state index contributed by atoms with van der Waals surface area (Å²) in [6.45, 7) is 3.77. The van der Waals surface area contributed by atoms with Gasteiger partial charge in [-0.05, 0) is 12.8 Å². The Hall–Kier alpha value is -1.60. The fraction of sp³-hybridized carbons (Fsp3) is 0.524. The molecule has 29 heavy (non-hydrogen) atoms. The number of benzene rings is 1. The van der Waals surface area contributed by atoms with Gasteiger partial charge in [-0.3, -0.25) is 9.69 Å². The van der Waals surface area contributed by atoms with Gasteiger partial charge in [-0.1, -0.05) is 49.6 Å². The van der Waals surface area contributed by atoms with Crippen LogP contribution >= 0.6 is 24.8 Å². The second-order valence-electron chi connectivity index (χ2n) is 7.77. The molecule has 1 aliphatic carbocycles. The second-order valence-corrected chi connectivity index (χ2v) is 7.77. The third-order valence-electron chi connectivity index (χ3n) is 5.80.